The summed E-state index contributed by atoms with van der Waals surface area (Å²) in [6.07, 6.45) is 3.28. The van der Waals surface area contributed by atoms with Crippen LogP contribution >= 0.6 is 0 Å². The van der Waals surface area contributed by atoms with Crippen LogP contribution in [-0.2, 0) is 4.79 Å². The molecule has 0 aromatic heterocycles. The molecule has 0 radical (unpaired) electrons. The van der Waals surface area contributed by atoms with Crippen molar-refractivity contribution >= 4 is 5.97 Å². The summed E-state index contributed by atoms with van der Waals surface area (Å²) in [5, 5.41) is 36.2. The topological polar surface area (TPSA) is 144 Å². The Morgan fingerprint density at radius 3 is 1.83 bits per heavy atom. The maximum atomic E-state index is 9.90. The lowest BCUT2D eigenvalue weighted by Gasteiger charge is -2.07. The zero-order valence-electron chi connectivity index (χ0n) is 10.4. The van der Waals surface area contributed by atoms with Crippen LogP contribution in [0, 0.1) is 20.2 Å². The Hall–Kier alpha value is -1.77. The summed E-state index contributed by atoms with van der Waals surface area (Å²) in [5.41, 5.74) is -2.46. The smallest absolute Gasteiger partial charge is 0.477 e. The minimum atomic E-state index is -2.46. The van der Waals surface area contributed by atoms with Gasteiger partial charge in [-0.05, 0) is 6.42 Å². The number of hydrogen-bond acceptors (Lipinski definition) is 6. The van der Waals surface area contributed by atoms with E-state index in [0.717, 1.165) is 26.2 Å². The molecule has 0 saturated carbocycles. The van der Waals surface area contributed by atoms with Crippen LogP contribution in [0.2, 0.25) is 0 Å². The molecular weight excluding hydrogens is 248 g/mol. The number of nitro groups is 2. The number of carboxylic acids is 1. The maximum absolute atomic E-state index is 9.90. The second-order valence-corrected chi connectivity index (χ2v) is 3.74. The fraction of sp³-hybridized carbons (Fsp3) is 0.889. The van der Waals surface area contributed by atoms with Gasteiger partial charge >= 0.3 is 11.6 Å². The standard InChI is InChI=1S/C6H12O2.C3H6N2O5/c1-2-3-4-5-6(7)8;1-3(2-6,4(7)8)5(9)10/h2-5H2,1H3,(H,7,8);6H,2H2,1H3. The number of carboxylic acid groups (broad SMARTS) is 1. The summed E-state index contributed by atoms with van der Waals surface area (Å²) >= 11 is 0. The number of rotatable bonds is 7. The van der Waals surface area contributed by atoms with E-state index in [0.29, 0.717) is 6.42 Å². The summed E-state index contributed by atoms with van der Waals surface area (Å²) in [6, 6.07) is 0. The number of nitrogens with zero attached hydrogens (tertiary/aromatic N) is 2. The number of unbranched alkanes of at least 4 members (excludes halogenated alkanes) is 2. The summed E-state index contributed by atoms with van der Waals surface area (Å²) in [7, 11) is 0. The Morgan fingerprint density at radius 2 is 1.67 bits per heavy atom. The Morgan fingerprint density at radius 1 is 1.22 bits per heavy atom. The van der Waals surface area contributed by atoms with Crippen molar-refractivity contribution in [3.05, 3.63) is 20.2 Å². The number of aliphatic hydroxyl groups excluding tert-OH is 1. The summed E-state index contributed by atoms with van der Waals surface area (Å²) in [4.78, 5) is 27.4. The van der Waals surface area contributed by atoms with Gasteiger partial charge in [0.25, 0.3) is 0 Å². The molecule has 9 nitrogen and oxygen atoms in total. The van der Waals surface area contributed by atoms with Crippen molar-refractivity contribution in [1.29, 1.82) is 0 Å². The van der Waals surface area contributed by atoms with Gasteiger partial charge in [0, 0.05) is 6.42 Å². The fourth-order valence-corrected chi connectivity index (χ4v) is 0.708. The van der Waals surface area contributed by atoms with Crippen molar-refractivity contribution in [3.63, 3.8) is 0 Å². The van der Waals surface area contributed by atoms with Gasteiger partial charge in [0.2, 0.25) is 0 Å². The highest BCUT2D eigenvalue weighted by molar-refractivity contribution is 5.66. The lowest BCUT2D eigenvalue weighted by atomic mass is 10.2. The van der Waals surface area contributed by atoms with Crippen molar-refractivity contribution in [1.82, 2.24) is 0 Å². The average Bonchev–Trinajstić information content (AvgIpc) is 2.28. The number of aliphatic hydroxyl groups is 1. The molecule has 2 N–H and O–H groups in total. The van der Waals surface area contributed by atoms with Gasteiger partial charge in [-0.15, -0.1) is 0 Å². The average molecular weight is 266 g/mol. The van der Waals surface area contributed by atoms with Crippen molar-refractivity contribution in [3.8, 4) is 0 Å². The second-order valence-electron chi connectivity index (χ2n) is 3.74. The first-order valence-electron chi connectivity index (χ1n) is 5.34. The maximum Gasteiger partial charge on any atom is 0.477 e. The van der Waals surface area contributed by atoms with Crippen LogP contribution in [0.5, 0.6) is 0 Å². The quantitative estimate of drug-likeness (QED) is 0.301. The largest absolute Gasteiger partial charge is 0.481 e. The van der Waals surface area contributed by atoms with Gasteiger partial charge in [-0.1, -0.05) is 19.8 Å². The van der Waals surface area contributed by atoms with Crippen molar-refractivity contribution in [2.45, 2.75) is 45.2 Å². The summed E-state index contributed by atoms with van der Waals surface area (Å²) < 4.78 is 0. The van der Waals surface area contributed by atoms with Crippen LogP contribution in [0.25, 0.3) is 0 Å². The molecule has 0 spiro atoms. The molecule has 0 amide bonds. The molecule has 0 aliphatic heterocycles. The van der Waals surface area contributed by atoms with Crippen LogP contribution in [-0.4, -0.2) is 38.3 Å². The summed E-state index contributed by atoms with van der Waals surface area (Å²) in [6.45, 7) is 1.70. The van der Waals surface area contributed by atoms with E-state index in [9.17, 15) is 25.0 Å². The van der Waals surface area contributed by atoms with E-state index >= 15 is 0 Å². The van der Waals surface area contributed by atoms with Gasteiger partial charge in [0.15, 0.2) is 6.61 Å². The van der Waals surface area contributed by atoms with E-state index in [4.69, 9.17) is 10.2 Å². The SMILES string of the molecule is CC(CO)([N+](=O)[O-])[N+](=O)[O-].CCCCCC(=O)O. The lowest BCUT2D eigenvalue weighted by molar-refractivity contribution is -0.793. The molecule has 9 heteroatoms. The molecule has 0 unspecified atom stereocenters. The van der Waals surface area contributed by atoms with Gasteiger partial charge in [-0.2, -0.15) is 0 Å². The van der Waals surface area contributed by atoms with E-state index in [1.807, 2.05) is 0 Å². The third-order valence-corrected chi connectivity index (χ3v) is 2.08. The highest BCUT2D eigenvalue weighted by atomic mass is 16.7. The highest BCUT2D eigenvalue weighted by Gasteiger charge is 2.49. The first-order valence-corrected chi connectivity index (χ1v) is 5.34. The Labute approximate surface area is 104 Å². The molecule has 18 heavy (non-hydrogen) atoms. The molecule has 0 aliphatic rings. The molecule has 0 aliphatic carbocycles. The molecular formula is C9H18N2O7. The highest BCUT2D eigenvalue weighted by Crippen LogP contribution is 2.07. The molecule has 0 aromatic rings. The van der Waals surface area contributed by atoms with E-state index in [1.165, 1.54) is 0 Å². The Bertz CT molecular complexity index is 279. The van der Waals surface area contributed by atoms with E-state index in [-0.39, 0.29) is 0 Å². The molecule has 0 fully saturated rings. The normalized spacial score (nSPS) is 10.2. The fourth-order valence-electron chi connectivity index (χ4n) is 0.708. The van der Waals surface area contributed by atoms with E-state index < -0.39 is 28.1 Å². The molecule has 0 bridgehead atoms. The molecule has 106 valence electrons. The third kappa shape index (κ3) is 7.49. The predicted molar refractivity (Wildman–Crippen MR) is 61.3 cm³/mol. The van der Waals surface area contributed by atoms with Crippen molar-refractivity contribution < 1.29 is 24.9 Å². The monoisotopic (exact) mass is 266 g/mol. The van der Waals surface area contributed by atoms with Crippen molar-refractivity contribution in [2.75, 3.05) is 6.61 Å². The number of aliphatic carboxylic acids is 1. The zero-order valence-corrected chi connectivity index (χ0v) is 10.4. The van der Waals surface area contributed by atoms with Gasteiger partial charge in [-0.3, -0.25) is 25.0 Å². The molecule has 0 heterocycles. The van der Waals surface area contributed by atoms with Gasteiger partial charge in [0.1, 0.15) is 9.85 Å². The van der Waals surface area contributed by atoms with Crippen LogP contribution in [0.4, 0.5) is 0 Å². The predicted octanol–water partition coefficient (Wildman–Crippen LogP) is 0.900. The molecule has 0 saturated heterocycles. The minimum absolute atomic E-state index is 0.327. The Kier molecular flexibility index (Phi) is 9.58. The molecule has 0 aromatic carbocycles. The molecule has 0 rings (SSSR count). The van der Waals surface area contributed by atoms with E-state index in [2.05, 4.69) is 6.92 Å². The third-order valence-electron chi connectivity index (χ3n) is 2.08. The Balaban J connectivity index is 0. The minimum Gasteiger partial charge on any atom is -0.481 e. The molecule has 0 atom stereocenters. The number of hydrogen-bond donors (Lipinski definition) is 2. The van der Waals surface area contributed by atoms with Crippen LogP contribution < -0.4 is 0 Å². The van der Waals surface area contributed by atoms with Crippen LogP contribution in [0.1, 0.15) is 39.5 Å². The first kappa shape index (κ1) is 18.6. The van der Waals surface area contributed by atoms with Gasteiger partial charge < -0.3 is 10.2 Å². The van der Waals surface area contributed by atoms with Gasteiger partial charge in [0.05, 0.1) is 6.92 Å². The second kappa shape index (κ2) is 9.28. The number of carbonyl (C=O) groups is 1. The van der Waals surface area contributed by atoms with Crippen molar-refractivity contribution in [2.24, 2.45) is 0 Å². The summed E-state index contributed by atoms with van der Waals surface area (Å²) in [5.74, 6) is -0.682. The lowest BCUT2D eigenvalue weighted by Crippen LogP contribution is -2.46. The van der Waals surface area contributed by atoms with Crippen LogP contribution in [0.3, 0.4) is 0 Å². The van der Waals surface area contributed by atoms with Gasteiger partial charge in [-0.25, -0.2) is 0 Å². The first-order chi connectivity index (χ1) is 8.22. The van der Waals surface area contributed by atoms with E-state index in [1.54, 1.807) is 0 Å². The van der Waals surface area contributed by atoms with Crippen LogP contribution in [0.15, 0.2) is 0 Å². The zero-order chi connectivity index (χ0) is 14.8.